The molecule has 1 atom stereocenters. The highest BCUT2D eigenvalue weighted by atomic mass is 32.2. The predicted molar refractivity (Wildman–Crippen MR) is 182 cm³/mol. The summed E-state index contributed by atoms with van der Waals surface area (Å²) in [5, 5.41) is 17.2. The number of urea groups is 1. The molecule has 50 heavy (non-hydrogen) atoms. The summed E-state index contributed by atoms with van der Waals surface area (Å²) in [7, 11) is 0. The summed E-state index contributed by atoms with van der Waals surface area (Å²) < 4.78 is 42.8. The molecule has 4 aromatic rings. The van der Waals surface area contributed by atoms with E-state index >= 15 is 0 Å². The first-order valence-corrected chi connectivity index (χ1v) is 16.4. The van der Waals surface area contributed by atoms with Gasteiger partial charge in [-0.05, 0) is 53.8 Å². The number of benzene rings is 3. The third-order valence-corrected chi connectivity index (χ3v) is 8.56. The van der Waals surface area contributed by atoms with E-state index in [1.165, 1.54) is 40.2 Å². The minimum atomic E-state index is -4.80. The molecule has 4 amide bonds. The van der Waals surface area contributed by atoms with Crippen molar-refractivity contribution in [3.63, 3.8) is 0 Å². The molecule has 1 aromatic heterocycles. The van der Waals surface area contributed by atoms with Crippen LogP contribution in [-0.2, 0) is 16.6 Å². The molecule has 0 spiro atoms. The smallest absolute Gasteiger partial charge is 0.465 e. The molecule has 2 heterocycles. The predicted octanol–water partition coefficient (Wildman–Crippen LogP) is 6.84. The van der Waals surface area contributed by atoms with Gasteiger partial charge in [0.1, 0.15) is 18.2 Å². The highest BCUT2D eigenvalue weighted by Gasteiger charge is 2.34. The van der Waals surface area contributed by atoms with E-state index in [0.717, 1.165) is 22.2 Å². The Hall–Kier alpha value is -5.38. The molecule has 12 nitrogen and oxygen atoms in total. The van der Waals surface area contributed by atoms with E-state index in [0.29, 0.717) is 28.3 Å². The number of anilines is 1. The van der Waals surface area contributed by atoms with Gasteiger partial charge in [-0.15, -0.1) is 18.3 Å². The first kappa shape index (κ1) is 35.9. The highest BCUT2D eigenvalue weighted by Crippen LogP contribution is 2.36. The van der Waals surface area contributed by atoms with Crippen LogP contribution < -0.4 is 15.0 Å². The normalized spacial score (nSPS) is 14.9. The molecule has 1 aliphatic heterocycles. The Morgan fingerprint density at radius 1 is 1.06 bits per heavy atom. The number of likely N-dealkylation sites (N-methyl/N-ethyl adjacent to an activating group) is 1. The third-order valence-electron chi connectivity index (χ3n) is 7.64. The number of rotatable bonds is 9. The van der Waals surface area contributed by atoms with Gasteiger partial charge in [0, 0.05) is 18.5 Å². The maximum atomic E-state index is 13.3. The molecule has 0 bridgehead atoms. The molecule has 16 heteroatoms. The second-order valence-electron chi connectivity index (χ2n) is 12.2. The Labute approximate surface area is 290 Å². The quantitative estimate of drug-likeness (QED) is 0.180. The van der Waals surface area contributed by atoms with Crippen molar-refractivity contribution in [2.45, 2.75) is 52.1 Å². The number of ether oxygens (including phenoxy) is 1. The monoisotopic (exact) mass is 709 g/mol. The zero-order chi connectivity index (χ0) is 36.2. The average Bonchev–Trinajstić information content (AvgIpc) is 3.68. The number of amidine groups is 1. The fourth-order valence-electron chi connectivity index (χ4n) is 5.31. The van der Waals surface area contributed by atoms with Gasteiger partial charge in [-0.25, -0.2) is 19.3 Å². The molecule has 0 saturated carbocycles. The number of aliphatic imine (C=N–C) groups is 1. The number of halogens is 3. The van der Waals surface area contributed by atoms with Crippen LogP contribution in [0.1, 0.15) is 38.8 Å². The van der Waals surface area contributed by atoms with Crippen LogP contribution in [0.3, 0.4) is 0 Å². The van der Waals surface area contributed by atoms with Crippen molar-refractivity contribution in [1.82, 2.24) is 25.0 Å². The SMILES string of the molecule is CCN(C(=O)O)C(Cc1ccc(-c2ncn(-c3ccc(OC(F)(F)F)cc3)n2)cc1)NC(=O)N=C1SCC(=O)N1c1ccccc1C(C)(C)C. The van der Waals surface area contributed by atoms with Crippen LogP contribution in [0.15, 0.2) is 84.1 Å². The summed E-state index contributed by atoms with van der Waals surface area (Å²) in [6, 6.07) is 18.8. The number of carbonyl (C=O) groups excluding carboxylic acids is 2. The van der Waals surface area contributed by atoms with Gasteiger partial charge in [-0.1, -0.05) is 75.0 Å². The van der Waals surface area contributed by atoms with E-state index in [2.05, 4.69) is 25.1 Å². The number of aromatic nitrogens is 3. The first-order valence-electron chi connectivity index (χ1n) is 15.4. The van der Waals surface area contributed by atoms with Crippen LogP contribution >= 0.6 is 11.8 Å². The lowest BCUT2D eigenvalue weighted by atomic mass is 9.85. The number of hydrogen-bond acceptors (Lipinski definition) is 7. The van der Waals surface area contributed by atoms with E-state index in [9.17, 15) is 32.7 Å². The van der Waals surface area contributed by atoms with Crippen molar-refractivity contribution in [3.05, 3.63) is 90.3 Å². The van der Waals surface area contributed by atoms with Crippen molar-refractivity contribution in [2.24, 2.45) is 4.99 Å². The van der Waals surface area contributed by atoms with Gasteiger partial charge in [0.05, 0.1) is 17.1 Å². The van der Waals surface area contributed by atoms with Gasteiger partial charge in [0.15, 0.2) is 11.0 Å². The topological polar surface area (TPSA) is 142 Å². The number of alkyl halides is 3. The lowest BCUT2D eigenvalue weighted by Gasteiger charge is -2.29. The van der Waals surface area contributed by atoms with Crippen molar-refractivity contribution < 1.29 is 37.4 Å². The summed E-state index contributed by atoms with van der Waals surface area (Å²) in [6.45, 7) is 7.81. The Bertz CT molecular complexity index is 1890. The zero-order valence-corrected chi connectivity index (χ0v) is 28.3. The van der Waals surface area contributed by atoms with Crippen LogP contribution in [-0.4, -0.2) is 72.8 Å². The summed E-state index contributed by atoms with van der Waals surface area (Å²) in [4.78, 5) is 49.4. The average molecular weight is 710 g/mol. The second-order valence-corrected chi connectivity index (χ2v) is 13.1. The minimum Gasteiger partial charge on any atom is -0.465 e. The van der Waals surface area contributed by atoms with Gasteiger partial charge >= 0.3 is 18.5 Å². The number of carboxylic acid groups (broad SMARTS) is 1. The Kier molecular flexibility index (Phi) is 10.5. The number of thioether (sulfide) groups is 1. The maximum Gasteiger partial charge on any atom is 0.573 e. The summed E-state index contributed by atoms with van der Waals surface area (Å²) in [5.41, 5.74) is 3.03. The fraction of sp³-hybridized carbons (Fsp3) is 0.294. The van der Waals surface area contributed by atoms with Gasteiger partial charge < -0.3 is 15.2 Å². The van der Waals surface area contributed by atoms with E-state index in [1.807, 2.05) is 45.0 Å². The van der Waals surface area contributed by atoms with Crippen LogP contribution in [0.4, 0.5) is 28.4 Å². The number of nitrogens with zero attached hydrogens (tertiary/aromatic N) is 6. The number of amides is 4. The van der Waals surface area contributed by atoms with E-state index in [4.69, 9.17) is 0 Å². The summed E-state index contributed by atoms with van der Waals surface area (Å²) in [6.07, 6.45) is -5.50. The van der Waals surface area contributed by atoms with E-state index in [-0.39, 0.29) is 41.0 Å². The first-order chi connectivity index (χ1) is 23.6. The highest BCUT2D eigenvalue weighted by molar-refractivity contribution is 8.15. The minimum absolute atomic E-state index is 0.0813. The lowest BCUT2D eigenvalue weighted by molar-refractivity contribution is -0.274. The molecule has 262 valence electrons. The van der Waals surface area contributed by atoms with Crippen LogP contribution in [0, 0.1) is 0 Å². The molecule has 1 unspecified atom stereocenters. The number of nitrogens with one attached hydrogen (secondary N) is 1. The molecule has 3 aromatic carbocycles. The molecule has 1 aliphatic rings. The number of carbonyl (C=O) groups is 3. The standard InChI is InChI=1S/C34H34F3N7O5S/c1-5-42(32(47)48)27(39-30(46)40-31-44(28(45)19-50-31)26-9-7-6-8-25(26)33(2,3)4)18-21-10-12-22(13-11-21)29-38-20-43(41-29)23-14-16-24(17-15-23)49-34(35,36)37/h6-17,20,27H,5,18-19H2,1-4H3,(H,39,46)(H,47,48). The molecule has 5 rings (SSSR count). The van der Waals surface area contributed by atoms with Crippen LogP contribution in [0.25, 0.3) is 17.1 Å². The molecular weight excluding hydrogens is 675 g/mol. The van der Waals surface area contributed by atoms with Gasteiger partial charge in [-0.3, -0.25) is 14.6 Å². The largest absolute Gasteiger partial charge is 0.573 e. The lowest BCUT2D eigenvalue weighted by Crippen LogP contribution is -2.51. The third kappa shape index (κ3) is 8.61. The Morgan fingerprint density at radius 3 is 2.36 bits per heavy atom. The number of para-hydroxylation sites is 1. The Balaban J connectivity index is 1.32. The van der Waals surface area contributed by atoms with Crippen molar-refractivity contribution in [2.75, 3.05) is 17.2 Å². The maximum absolute atomic E-state index is 13.3. The van der Waals surface area contributed by atoms with Crippen LogP contribution in [0.5, 0.6) is 5.75 Å². The summed E-state index contributed by atoms with van der Waals surface area (Å²) in [5.74, 6) is -0.134. The second kappa shape index (κ2) is 14.6. The molecule has 0 aliphatic carbocycles. The zero-order valence-electron chi connectivity index (χ0n) is 27.5. The van der Waals surface area contributed by atoms with Crippen molar-refractivity contribution >= 4 is 40.6 Å². The fourth-order valence-corrected chi connectivity index (χ4v) is 6.17. The number of hydrogen-bond donors (Lipinski definition) is 2. The van der Waals surface area contributed by atoms with Gasteiger partial charge in [0.25, 0.3) is 0 Å². The molecule has 0 radical (unpaired) electrons. The molecular formula is C34H34F3N7O5S. The van der Waals surface area contributed by atoms with E-state index < -0.39 is 24.7 Å². The molecule has 1 fully saturated rings. The summed E-state index contributed by atoms with van der Waals surface area (Å²) >= 11 is 1.13. The molecule has 2 N–H and O–H groups in total. The van der Waals surface area contributed by atoms with Gasteiger partial charge in [0.2, 0.25) is 5.91 Å². The van der Waals surface area contributed by atoms with Crippen LogP contribution in [0.2, 0.25) is 0 Å². The Morgan fingerprint density at radius 2 is 1.74 bits per heavy atom. The van der Waals surface area contributed by atoms with Crippen molar-refractivity contribution in [1.29, 1.82) is 0 Å². The molecule has 1 saturated heterocycles. The van der Waals surface area contributed by atoms with Crippen molar-refractivity contribution in [3.8, 4) is 22.8 Å². The van der Waals surface area contributed by atoms with E-state index in [1.54, 1.807) is 31.2 Å². The van der Waals surface area contributed by atoms with Gasteiger partial charge in [-0.2, -0.15) is 4.99 Å².